The highest BCUT2D eigenvalue weighted by atomic mass is 16.5. The molecule has 1 amide bonds. The Morgan fingerprint density at radius 2 is 1.41 bits per heavy atom. The summed E-state index contributed by atoms with van der Waals surface area (Å²) in [4.78, 5) is 15.1. The number of carbonyl (C=O) groups excluding carboxylic acids is 1. The van der Waals surface area contributed by atoms with Crippen LogP contribution in [0.25, 0.3) is 0 Å². The number of nitrogens with zero attached hydrogens (tertiary/aromatic N) is 1. The molecule has 0 bridgehead atoms. The largest absolute Gasteiger partial charge is 0.484 e. The Bertz CT molecular complexity index is 470. The summed E-state index contributed by atoms with van der Waals surface area (Å²) in [5.41, 5.74) is 0. The van der Waals surface area contributed by atoms with Gasteiger partial charge in [0.15, 0.2) is 6.61 Å². The minimum atomic E-state index is 0.128. The molecule has 0 radical (unpaired) electrons. The molecular formula is C24H41NO2. The Hall–Kier alpha value is -1.51. The van der Waals surface area contributed by atoms with Gasteiger partial charge in [-0.2, -0.15) is 0 Å². The van der Waals surface area contributed by atoms with Gasteiger partial charge in [0.1, 0.15) is 5.75 Å². The van der Waals surface area contributed by atoms with E-state index in [0.29, 0.717) is 11.8 Å². The maximum absolute atomic E-state index is 13.0. The third kappa shape index (κ3) is 9.83. The maximum atomic E-state index is 13.0. The van der Waals surface area contributed by atoms with Gasteiger partial charge in [-0.05, 0) is 36.8 Å². The first-order valence-corrected chi connectivity index (χ1v) is 11.1. The van der Waals surface area contributed by atoms with Crippen molar-refractivity contribution >= 4 is 5.91 Å². The summed E-state index contributed by atoms with van der Waals surface area (Å²) in [5, 5.41) is 0. The van der Waals surface area contributed by atoms with Crippen molar-refractivity contribution < 1.29 is 9.53 Å². The number of benzene rings is 1. The molecular weight excluding hydrogens is 334 g/mol. The zero-order chi connectivity index (χ0) is 19.9. The van der Waals surface area contributed by atoms with Gasteiger partial charge in [-0.1, -0.05) is 84.4 Å². The van der Waals surface area contributed by atoms with Crippen molar-refractivity contribution in [3.05, 3.63) is 30.3 Å². The molecule has 0 aromatic heterocycles. The molecule has 0 spiro atoms. The van der Waals surface area contributed by atoms with Gasteiger partial charge in [-0.15, -0.1) is 0 Å². The Labute approximate surface area is 167 Å². The lowest BCUT2D eigenvalue weighted by Gasteiger charge is -2.30. The second kappa shape index (κ2) is 14.5. The van der Waals surface area contributed by atoms with Crippen LogP contribution in [0.15, 0.2) is 30.3 Å². The number of para-hydroxylation sites is 1. The number of rotatable bonds is 15. The van der Waals surface area contributed by atoms with E-state index in [1.165, 1.54) is 38.5 Å². The summed E-state index contributed by atoms with van der Waals surface area (Å²) in [6.45, 7) is 10.8. The standard InChI is InChI=1S/C24H41NO2/c1-5-9-14-21(7-3)18-25(19-22(8-4)15-10-6-2)24(26)20-27-23-16-12-11-13-17-23/h11-13,16-17,21-22H,5-10,14-15,18-20H2,1-4H3. The van der Waals surface area contributed by atoms with E-state index in [1.807, 2.05) is 30.3 Å². The second-order valence-corrected chi connectivity index (χ2v) is 7.73. The van der Waals surface area contributed by atoms with Gasteiger partial charge in [0, 0.05) is 13.1 Å². The molecule has 1 rings (SSSR count). The molecule has 0 saturated heterocycles. The molecule has 0 N–H and O–H groups in total. The van der Waals surface area contributed by atoms with Gasteiger partial charge in [-0.3, -0.25) is 4.79 Å². The molecule has 3 heteroatoms. The molecule has 0 heterocycles. The van der Waals surface area contributed by atoms with E-state index >= 15 is 0 Å². The van der Waals surface area contributed by atoms with Crippen LogP contribution in [0.4, 0.5) is 0 Å². The van der Waals surface area contributed by atoms with Crippen LogP contribution in [0.1, 0.15) is 79.1 Å². The molecule has 27 heavy (non-hydrogen) atoms. The Balaban J connectivity index is 2.72. The Morgan fingerprint density at radius 3 is 1.85 bits per heavy atom. The first-order chi connectivity index (χ1) is 13.1. The zero-order valence-corrected chi connectivity index (χ0v) is 18.1. The van der Waals surface area contributed by atoms with Crippen molar-refractivity contribution in [2.45, 2.75) is 79.1 Å². The van der Waals surface area contributed by atoms with E-state index < -0.39 is 0 Å². The van der Waals surface area contributed by atoms with Gasteiger partial charge in [0.25, 0.3) is 5.91 Å². The fourth-order valence-electron chi connectivity index (χ4n) is 3.49. The highest BCUT2D eigenvalue weighted by Gasteiger charge is 2.21. The monoisotopic (exact) mass is 375 g/mol. The van der Waals surface area contributed by atoms with E-state index in [-0.39, 0.29) is 12.5 Å². The minimum absolute atomic E-state index is 0.128. The molecule has 1 aromatic rings. The number of unbranched alkanes of at least 4 members (excludes halogenated alkanes) is 2. The van der Waals surface area contributed by atoms with Crippen molar-refractivity contribution in [2.24, 2.45) is 11.8 Å². The number of carbonyl (C=O) groups is 1. The minimum Gasteiger partial charge on any atom is -0.484 e. The summed E-state index contributed by atoms with van der Waals surface area (Å²) in [7, 11) is 0. The molecule has 2 unspecified atom stereocenters. The summed E-state index contributed by atoms with van der Waals surface area (Å²) >= 11 is 0. The first-order valence-electron chi connectivity index (χ1n) is 11.1. The lowest BCUT2D eigenvalue weighted by Crippen LogP contribution is -2.41. The Morgan fingerprint density at radius 1 is 0.889 bits per heavy atom. The number of hydrogen-bond acceptors (Lipinski definition) is 2. The number of hydrogen-bond donors (Lipinski definition) is 0. The van der Waals surface area contributed by atoms with Gasteiger partial charge in [0.05, 0.1) is 0 Å². The van der Waals surface area contributed by atoms with Crippen LogP contribution in [-0.4, -0.2) is 30.5 Å². The van der Waals surface area contributed by atoms with E-state index in [9.17, 15) is 4.79 Å². The third-order valence-electron chi connectivity index (χ3n) is 5.50. The molecule has 2 atom stereocenters. The fraction of sp³-hybridized carbons (Fsp3) is 0.708. The molecule has 3 nitrogen and oxygen atoms in total. The van der Waals surface area contributed by atoms with Crippen molar-refractivity contribution in [3.63, 3.8) is 0 Å². The molecule has 0 fully saturated rings. The molecule has 154 valence electrons. The summed E-state index contributed by atoms with van der Waals surface area (Å²) < 4.78 is 5.75. The van der Waals surface area contributed by atoms with Gasteiger partial charge < -0.3 is 9.64 Å². The predicted octanol–water partition coefficient (Wildman–Crippen LogP) is 6.33. The molecule has 0 aliphatic rings. The van der Waals surface area contributed by atoms with Gasteiger partial charge in [-0.25, -0.2) is 0 Å². The average Bonchev–Trinajstić information content (AvgIpc) is 2.71. The highest BCUT2D eigenvalue weighted by Crippen LogP contribution is 2.19. The second-order valence-electron chi connectivity index (χ2n) is 7.73. The topological polar surface area (TPSA) is 29.5 Å². The number of ether oxygens (including phenoxy) is 1. The van der Waals surface area contributed by atoms with Crippen LogP contribution in [0, 0.1) is 11.8 Å². The zero-order valence-electron chi connectivity index (χ0n) is 18.1. The predicted molar refractivity (Wildman–Crippen MR) is 115 cm³/mol. The lowest BCUT2D eigenvalue weighted by atomic mass is 9.95. The fourth-order valence-corrected chi connectivity index (χ4v) is 3.49. The third-order valence-corrected chi connectivity index (χ3v) is 5.50. The van der Waals surface area contributed by atoms with E-state index in [4.69, 9.17) is 4.74 Å². The maximum Gasteiger partial charge on any atom is 0.260 e. The van der Waals surface area contributed by atoms with Crippen LogP contribution < -0.4 is 4.74 Å². The van der Waals surface area contributed by atoms with E-state index in [2.05, 4.69) is 32.6 Å². The normalized spacial score (nSPS) is 13.2. The highest BCUT2D eigenvalue weighted by molar-refractivity contribution is 5.77. The molecule has 1 aromatic carbocycles. The summed E-state index contributed by atoms with van der Waals surface area (Å²) in [6, 6.07) is 9.65. The average molecular weight is 376 g/mol. The first kappa shape index (κ1) is 23.5. The summed E-state index contributed by atoms with van der Waals surface area (Å²) in [5.74, 6) is 2.08. The molecule has 0 aliphatic carbocycles. The summed E-state index contributed by atoms with van der Waals surface area (Å²) in [6.07, 6.45) is 9.61. The van der Waals surface area contributed by atoms with Crippen LogP contribution >= 0.6 is 0 Å². The van der Waals surface area contributed by atoms with Crippen LogP contribution in [0.3, 0.4) is 0 Å². The SMILES string of the molecule is CCCCC(CC)CN(CC(CC)CCCC)C(=O)COc1ccccc1. The molecule has 0 saturated carbocycles. The van der Waals surface area contributed by atoms with Crippen LogP contribution in [0.2, 0.25) is 0 Å². The number of amides is 1. The van der Waals surface area contributed by atoms with Gasteiger partial charge in [0.2, 0.25) is 0 Å². The van der Waals surface area contributed by atoms with Gasteiger partial charge >= 0.3 is 0 Å². The lowest BCUT2D eigenvalue weighted by molar-refractivity contribution is -0.134. The van der Waals surface area contributed by atoms with Crippen molar-refractivity contribution in [3.8, 4) is 5.75 Å². The van der Waals surface area contributed by atoms with Crippen molar-refractivity contribution in [1.82, 2.24) is 4.90 Å². The molecule has 0 aliphatic heterocycles. The van der Waals surface area contributed by atoms with Crippen molar-refractivity contribution in [2.75, 3.05) is 19.7 Å². The van der Waals surface area contributed by atoms with Crippen LogP contribution in [0.5, 0.6) is 5.75 Å². The smallest absolute Gasteiger partial charge is 0.260 e. The van der Waals surface area contributed by atoms with E-state index in [1.54, 1.807) is 0 Å². The quantitative estimate of drug-likeness (QED) is 0.358. The van der Waals surface area contributed by atoms with E-state index in [0.717, 1.165) is 31.7 Å². The Kier molecular flexibility index (Phi) is 12.7. The van der Waals surface area contributed by atoms with Crippen LogP contribution in [-0.2, 0) is 4.79 Å². The van der Waals surface area contributed by atoms with Crippen molar-refractivity contribution in [1.29, 1.82) is 0 Å².